The van der Waals surface area contributed by atoms with E-state index in [1.54, 1.807) is 7.11 Å². The maximum Gasteiger partial charge on any atom is 0.146 e. The van der Waals surface area contributed by atoms with Gasteiger partial charge < -0.3 is 14.2 Å². The van der Waals surface area contributed by atoms with Gasteiger partial charge in [-0.1, -0.05) is 0 Å². The van der Waals surface area contributed by atoms with Crippen LogP contribution in [0.15, 0.2) is 0 Å². The Morgan fingerprint density at radius 1 is 1.11 bits per heavy atom. The minimum Gasteiger partial charge on any atom is -0.382 e. The lowest BCUT2D eigenvalue weighted by atomic mass is 10.8. The van der Waals surface area contributed by atoms with Crippen molar-refractivity contribution in [1.29, 1.82) is 0 Å². The van der Waals surface area contributed by atoms with Gasteiger partial charge >= 0.3 is 0 Å². The molecular formula is C6H14O3. The monoisotopic (exact) mass is 134 g/mol. The standard InChI is InChI=1S/C6H14O3/c1-3-8-6-9-5-4-7-2/h3-6H2,1-2H3. The molecule has 3 nitrogen and oxygen atoms in total. The normalized spacial score (nSPS) is 10.0. The summed E-state index contributed by atoms with van der Waals surface area (Å²) in [5.41, 5.74) is 0. The quantitative estimate of drug-likeness (QED) is 0.394. The molecule has 0 bridgehead atoms. The van der Waals surface area contributed by atoms with Crippen LogP contribution < -0.4 is 0 Å². The van der Waals surface area contributed by atoms with Gasteiger partial charge in [-0.25, -0.2) is 0 Å². The molecule has 3 heteroatoms. The van der Waals surface area contributed by atoms with Gasteiger partial charge in [0, 0.05) is 13.7 Å². The van der Waals surface area contributed by atoms with Gasteiger partial charge in [0.05, 0.1) is 13.2 Å². The third-order valence-electron chi connectivity index (χ3n) is 0.803. The van der Waals surface area contributed by atoms with Crippen molar-refractivity contribution in [3.8, 4) is 0 Å². The fourth-order valence-electron chi connectivity index (χ4n) is 0.343. The second kappa shape index (κ2) is 7.88. The Bertz CT molecular complexity index is 41.6. The molecular weight excluding hydrogens is 120 g/mol. The molecule has 0 aromatic rings. The van der Waals surface area contributed by atoms with E-state index in [4.69, 9.17) is 14.2 Å². The van der Waals surface area contributed by atoms with Crippen molar-refractivity contribution < 1.29 is 14.2 Å². The summed E-state index contributed by atoms with van der Waals surface area (Å²) in [7, 11) is 1.64. The summed E-state index contributed by atoms with van der Waals surface area (Å²) in [5, 5.41) is 0. The molecule has 0 aromatic carbocycles. The van der Waals surface area contributed by atoms with Gasteiger partial charge in [0.15, 0.2) is 0 Å². The summed E-state index contributed by atoms with van der Waals surface area (Å²) in [5.74, 6) is 0. The molecule has 0 saturated heterocycles. The van der Waals surface area contributed by atoms with Crippen LogP contribution in [0.25, 0.3) is 0 Å². The topological polar surface area (TPSA) is 27.7 Å². The lowest BCUT2D eigenvalue weighted by molar-refractivity contribution is -0.0617. The van der Waals surface area contributed by atoms with Crippen LogP contribution in [0, 0.1) is 0 Å². The number of methoxy groups -OCH3 is 1. The maximum atomic E-state index is 4.97. The second-order valence-corrected chi connectivity index (χ2v) is 1.51. The Morgan fingerprint density at radius 2 is 1.89 bits per heavy atom. The molecule has 0 aliphatic heterocycles. The number of rotatable bonds is 6. The first-order valence-electron chi connectivity index (χ1n) is 3.06. The van der Waals surface area contributed by atoms with Gasteiger partial charge in [-0.15, -0.1) is 0 Å². The third-order valence-corrected chi connectivity index (χ3v) is 0.803. The zero-order valence-electron chi connectivity index (χ0n) is 6.05. The minimum absolute atomic E-state index is 0.375. The summed E-state index contributed by atoms with van der Waals surface area (Å²) >= 11 is 0. The average molecular weight is 134 g/mol. The van der Waals surface area contributed by atoms with Gasteiger partial charge in [-0.05, 0) is 6.92 Å². The minimum atomic E-state index is 0.375. The van der Waals surface area contributed by atoms with Crippen molar-refractivity contribution in [3.63, 3.8) is 0 Å². The van der Waals surface area contributed by atoms with Crippen LogP contribution in [0.4, 0.5) is 0 Å². The molecule has 0 spiro atoms. The second-order valence-electron chi connectivity index (χ2n) is 1.51. The molecule has 0 rings (SSSR count). The molecule has 0 saturated carbocycles. The highest BCUT2D eigenvalue weighted by molar-refractivity contribution is 4.21. The van der Waals surface area contributed by atoms with Crippen LogP contribution in [0.2, 0.25) is 0 Å². The van der Waals surface area contributed by atoms with E-state index in [-0.39, 0.29) is 0 Å². The van der Waals surface area contributed by atoms with Gasteiger partial charge in [0.1, 0.15) is 6.79 Å². The fraction of sp³-hybridized carbons (Fsp3) is 1.00. The SMILES string of the molecule is CCOCOCCOC. The van der Waals surface area contributed by atoms with Crippen LogP contribution in [-0.4, -0.2) is 33.7 Å². The largest absolute Gasteiger partial charge is 0.382 e. The Kier molecular flexibility index (Phi) is 7.77. The van der Waals surface area contributed by atoms with E-state index >= 15 is 0 Å². The lowest BCUT2D eigenvalue weighted by Gasteiger charge is -2.01. The van der Waals surface area contributed by atoms with Gasteiger partial charge in [-0.3, -0.25) is 0 Å². The summed E-state index contributed by atoms with van der Waals surface area (Å²) in [6.07, 6.45) is 0. The van der Waals surface area contributed by atoms with E-state index < -0.39 is 0 Å². The summed E-state index contributed by atoms with van der Waals surface area (Å²) in [6.45, 7) is 4.25. The van der Waals surface area contributed by atoms with Crippen LogP contribution in [0.3, 0.4) is 0 Å². The first-order chi connectivity index (χ1) is 4.41. The van der Waals surface area contributed by atoms with Crippen molar-refractivity contribution in [2.24, 2.45) is 0 Å². The van der Waals surface area contributed by atoms with Crippen LogP contribution >= 0.6 is 0 Å². The molecule has 0 aromatic heterocycles. The first kappa shape index (κ1) is 8.88. The van der Waals surface area contributed by atoms with Crippen molar-refractivity contribution in [2.75, 3.05) is 33.7 Å². The Balaban J connectivity index is 2.60. The number of hydrogen-bond donors (Lipinski definition) is 0. The molecule has 0 radical (unpaired) electrons. The molecule has 0 heterocycles. The summed E-state index contributed by atoms with van der Waals surface area (Å²) in [4.78, 5) is 0. The zero-order valence-corrected chi connectivity index (χ0v) is 6.05. The Labute approximate surface area is 55.9 Å². The van der Waals surface area contributed by atoms with Crippen molar-refractivity contribution >= 4 is 0 Å². The number of ether oxygens (including phenoxy) is 3. The Hall–Kier alpha value is -0.120. The van der Waals surface area contributed by atoms with E-state index in [2.05, 4.69) is 0 Å². The van der Waals surface area contributed by atoms with Crippen LogP contribution in [0.1, 0.15) is 6.92 Å². The van der Waals surface area contributed by atoms with E-state index in [1.165, 1.54) is 0 Å². The van der Waals surface area contributed by atoms with E-state index in [0.29, 0.717) is 26.6 Å². The highest BCUT2D eigenvalue weighted by Crippen LogP contribution is 1.77. The lowest BCUT2D eigenvalue weighted by Crippen LogP contribution is -2.05. The summed E-state index contributed by atoms with van der Waals surface area (Å²) < 4.78 is 14.6. The van der Waals surface area contributed by atoms with Crippen molar-refractivity contribution in [2.45, 2.75) is 6.92 Å². The molecule has 0 amide bonds. The van der Waals surface area contributed by atoms with Crippen molar-refractivity contribution in [1.82, 2.24) is 0 Å². The molecule has 56 valence electrons. The molecule has 0 fully saturated rings. The van der Waals surface area contributed by atoms with Crippen LogP contribution in [-0.2, 0) is 14.2 Å². The molecule has 0 aliphatic carbocycles. The summed E-state index contributed by atoms with van der Waals surface area (Å²) in [6, 6.07) is 0. The van der Waals surface area contributed by atoms with E-state index in [9.17, 15) is 0 Å². The third kappa shape index (κ3) is 7.88. The van der Waals surface area contributed by atoms with Gasteiger partial charge in [0.2, 0.25) is 0 Å². The smallest absolute Gasteiger partial charge is 0.146 e. The van der Waals surface area contributed by atoms with E-state index in [0.717, 1.165) is 0 Å². The molecule has 9 heavy (non-hydrogen) atoms. The van der Waals surface area contributed by atoms with Gasteiger partial charge in [-0.2, -0.15) is 0 Å². The zero-order chi connectivity index (χ0) is 6.95. The maximum absolute atomic E-state index is 4.97. The fourth-order valence-corrected chi connectivity index (χ4v) is 0.343. The molecule has 0 aliphatic rings. The first-order valence-corrected chi connectivity index (χ1v) is 3.06. The predicted octanol–water partition coefficient (Wildman–Crippen LogP) is 0.643. The van der Waals surface area contributed by atoms with Gasteiger partial charge in [0.25, 0.3) is 0 Å². The number of hydrogen-bond acceptors (Lipinski definition) is 3. The average Bonchev–Trinajstić information content (AvgIpc) is 1.89. The Morgan fingerprint density at radius 3 is 2.44 bits per heavy atom. The predicted molar refractivity (Wildman–Crippen MR) is 34.3 cm³/mol. The highest BCUT2D eigenvalue weighted by Gasteiger charge is 1.83. The van der Waals surface area contributed by atoms with Crippen molar-refractivity contribution in [3.05, 3.63) is 0 Å². The molecule has 0 atom stereocenters. The molecule has 0 N–H and O–H groups in total. The van der Waals surface area contributed by atoms with E-state index in [1.807, 2.05) is 6.92 Å². The molecule has 0 unspecified atom stereocenters. The highest BCUT2D eigenvalue weighted by atomic mass is 16.7. The van der Waals surface area contributed by atoms with Crippen LogP contribution in [0.5, 0.6) is 0 Å².